The van der Waals surface area contributed by atoms with Gasteiger partial charge in [-0.15, -0.1) is 0 Å². The van der Waals surface area contributed by atoms with Gasteiger partial charge in [0.1, 0.15) is 5.76 Å². The monoisotopic (exact) mass is 675 g/mol. The SMILES string of the molecule is CC(C)C[C@H](CN(CCCOC1=CC=CC(=CC(=O)O)C1)Cc1cccc(C(F)(F)F)c1Cl)c1ccccc1.O=C(O)C(F)(F)F. The molecule has 252 valence electrons. The van der Waals surface area contributed by atoms with Crippen LogP contribution in [0.4, 0.5) is 26.3 Å². The topological polar surface area (TPSA) is 87.1 Å². The molecule has 2 aromatic carbocycles. The van der Waals surface area contributed by atoms with Crippen LogP contribution in [0, 0.1) is 5.92 Å². The Kier molecular flexibility index (Phi) is 14.9. The van der Waals surface area contributed by atoms with Crippen molar-refractivity contribution in [2.24, 2.45) is 5.92 Å². The molecule has 1 aliphatic rings. The van der Waals surface area contributed by atoms with E-state index in [2.05, 4.69) is 30.9 Å². The van der Waals surface area contributed by atoms with Gasteiger partial charge in [0.05, 0.1) is 17.2 Å². The van der Waals surface area contributed by atoms with Crippen molar-refractivity contribution in [3.05, 3.63) is 106 Å². The second-order valence-electron chi connectivity index (χ2n) is 11.0. The maximum Gasteiger partial charge on any atom is 0.490 e. The number of carboxylic acids is 2. The van der Waals surface area contributed by atoms with Crippen LogP contribution in [0.25, 0.3) is 0 Å². The molecule has 1 aliphatic carbocycles. The third-order valence-electron chi connectivity index (χ3n) is 6.71. The minimum atomic E-state index is -5.08. The molecule has 46 heavy (non-hydrogen) atoms. The van der Waals surface area contributed by atoms with E-state index < -0.39 is 29.9 Å². The molecule has 2 aromatic rings. The number of benzene rings is 2. The summed E-state index contributed by atoms with van der Waals surface area (Å²) in [5.74, 6) is -2.44. The average Bonchev–Trinajstić information content (AvgIpc) is 2.95. The summed E-state index contributed by atoms with van der Waals surface area (Å²) < 4.78 is 78.2. The van der Waals surface area contributed by atoms with Gasteiger partial charge in [0, 0.05) is 32.1 Å². The highest BCUT2D eigenvalue weighted by Crippen LogP contribution is 2.37. The number of rotatable bonds is 13. The van der Waals surface area contributed by atoms with Crippen molar-refractivity contribution in [3.8, 4) is 0 Å². The molecule has 0 aliphatic heterocycles. The van der Waals surface area contributed by atoms with Crippen molar-refractivity contribution < 1.29 is 50.9 Å². The van der Waals surface area contributed by atoms with Crippen molar-refractivity contribution in [2.45, 2.75) is 57.9 Å². The van der Waals surface area contributed by atoms with Crippen molar-refractivity contribution in [1.82, 2.24) is 4.90 Å². The molecule has 0 aromatic heterocycles. The number of carboxylic acid groups (broad SMARTS) is 2. The Morgan fingerprint density at radius 3 is 2.24 bits per heavy atom. The quantitative estimate of drug-likeness (QED) is 0.125. The van der Waals surface area contributed by atoms with E-state index in [-0.39, 0.29) is 17.5 Å². The maximum absolute atomic E-state index is 13.5. The van der Waals surface area contributed by atoms with E-state index in [0.29, 0.717) is 55.4 Å². The first kappa shape index (κ1) is 38.4. The number of carbonyl (C=O) groups is 2. The summed E-state index contributed by atoms with van der Waals surface area (Å²) in [6.07, 6.45) is -1.17. The van der Waals surface area contributed by atoms with Gasteiger partial charge in [-0.05, 0) is 53.5 Å². The molecule has 0 bridgehead atoms. The molecular formula is C33H36ClF6NO5. The lowest BCUT2D eigenvalue weighted by atomic mass is 9.89. The largest absolute Gasteiger partial charge is 0.498 e. The first-order chi connectivity index (χ1) is 21.5. The molecule has 0 spiro atoms. The van der Waals surface area contributed by atoms with Crippen LogP contribution in [0.1, 0.15) is 55.7 Å². The van der Waals surface area contributed by atoms with E-state index in [1.165, 1.54) is 11.6 Å². The van der Waals surface area contributed by atoms with Crippen LogP contribution >= 0.6 is 11.6 Å². The third kappa shape index (κ3) is 13.7. The van der Waals surface area contributed by atoms with Crippen LogP contribution in [0.5, 0.6) is 0 Å². The number of allylic oxidation sites excluding steroid dienone is 4. The summed E-state index contributed by atoms with van der Waals surface area (Å²) in [6, 6.07) is 14.2. The van der Waals surface area contributed by atoms with Gasteiger partial charge in [0.25, 0.3) is 0 Å². The summed E-state index contributed by atoms with van der Waals surface area (Å²) in [6.45, 7) is 6.25. The van der Waals surface area contributed by atoms with E-state index in [1.807, 2.05) is 24.3 Å². The van der Waals surface area contributed by atoms with Crippen LogP contribution < -0.4 is 0 Å². The van der Waals surface area contributed by atoms with Crippen LogP contribution in [0.3, 0.4) is 0 Å². The zero-order chi connectivity index (χ0) is 34.5. The van der Waals surface area contributed by atoms with Crippen molar-refractivity contribution in [3.63, 3.8) is 0 Å². The molecule has 0 saturated carbocycles. The zero-order valence-electron chi connectivity index (χ0n) is 25.2. The van der Waals surface area contributed by atoms with Gasteiger partial charge in [-0.25, -0.2) is 9.59 Å². The third-order valence-corrected chi connectivity index (χ3v) is 7.16. The van der Waals surface area contributed by atoms with E-state index >= 15 is 0 Å². The number of hydrogen-bond donors (Lipinski definition) is 2. The molecule has 13 heteroatoms. The van der Waals surface area contributed by atoms with Crippen molar-refractivity contribution >= 4 is 23.5 Å². The highest BCUT2D eigenvalue weighted by Gasteiger charge is 2.38. The average molecular weight is 676 g/mol. The molecule has 3 rings (SSSR count). The van der Waals surface area contributed by atoms with Crippen LogP contribution in [-0.2, 0) is 27.0 Å². The van der Waals surface area contributed by atoms with Gasteiger partial charge < -0.3 is 14.9 Å². The van der Waals surface area contributed by atoms with Crippen LogP contribution in [0.15, 0.2) is 84.2 Å². The number of aliphatic carboxylic acids is 2. The number of ether oxygens (including phenoxy) is 1. The Labute approximate surface area is 268 Å². The first-order valence-electron chi connectivity index (χ1n) is 14.3. The van der Waals surface area contributed by atoms with Gasteiger partial charge in [-0.1, -0.05) is 80.1 Å². The fourth-order valence-corrected chi connectivity index (χ4v) is 5.06. The lowest BCUT2D eigenvalue weighted by Gasteiger charge is -2.30. The molecule has 0 unspecified atom stereocenters. The summed E-state index contributed by atoms with van der Waals surface area (Å²) in [7, 11) is 0. The lowest BCUT2D eigenvalue weighted by Crippen LogP contribution is -2.31. The van der Waals surface area contributed by atoms with Crippen molar-refractivity contribution in [1.29, 1.82) is 0 Å². The van der Waals surface area contributed by atoms with Gasteiger partial charge in [-0.2, -0.15) is 26.3 Å². The Hall–Kier alpha value is -3.77. The van der Waals surface area contributed by atoms with E-state index in [0.717, 1.165) is 18.6 Å². The highest BCUT2D eigenvalue weighted by atomic mass is 35.5. The second-order valence-corrected chi connectivity index (χ2v) is 11.4. The smallest absolute Gasteiger partial charge is 0.490 e. The molecule has 6 nitrogen and oxygen atoms in total. The van der Waals surface area contributed by atoms with E-state index in [1.54, 1.807) is 18.2 Å². The minimum absolute atomic E-state index is 0.201. The Bertz CT molecular complexity index is 1390. The van der Waals surface area contributed by atoms with Gasteiger partial charge >= 0.3 is 24.3 Å². The Morgan fingerprint density at radius 1 is 1.02 bits per heavy atom. The second kappa shape index (κ2) is 17.8. The predicted octanol–water partition coefficient (Wildman–Crippen LogP) is 8.89. The van der Waals surface area contributed by atoms with Gasteiger partial charge in [-0.3, -0.25) is 4.90 Å². The van der Waals surface area contributed by atoms with Crippen molar-refractivity contribution in [2.75, 3.05) is 19.7 Å². The number of halogens is 7. The Balaban J connectivity index is 0.000000942. The summed E-state index contributed by atoms with van der Waals surface area (Å²) in [5, 5.41) is 15.9. The van der Waals surface area contributed by atoms with Gasteiger partial charge in [0.15, 0.2) is 0 Å². The highest BCUT2D eigenvalue weighted by molar-refractivity contribution is 6.32. The fraction of sp³-hybridized carbons (Fsp3) is 0.394. The van der Waals surface area contributed by atoms with E-state index in [9.17, 15) is 31.1 Å². The number of hydrogen-bond acceptors (Lipinski definition) is 4. The first-order valence-corrected chi connectivity index (χ1v) is 14.7. The number of alkyl halides is 6. The standard InChI is InChI=1S/C31H35ClF3NO3.C2HF3O2/c1-22(2)17-26(24-10-4-3-5-11-24)21-36(20-25-12-7-14-28(30(25)32)31(33,34)35)15-8-16-39-27-13-6-9-23(18-27)19-29(37)38;3-2(4,5)1(6)7/h3-7,9-14,19,22,26H,8,15-18,20-21H2,1-2H3,(H,37,38);(H,6,7)/t26-;/m1./s1. The molecule has 0 saturated heterocycles. The number of nitrogens with zero attached hydrogens (tertiary/aromatic N) is 1. The molecule has 0 amide bonds. The van der Waals surface area contributed by atoms with Crippen LogP contribution in [-0.4, -0.2) is 52.9 Å². The minimum Gasteiger partial charge on any atom is -0.498 e. The lowest BCUT2D eigenvalue weighted by molar-refractivity contribution is -0.192. The zero-order valence-corrected chi connectivity index (χ0v) is 26.0. The maximum atomic E-state index is 13.5. The molecular weight excluding hydrogens is 640 g/mol. The Morgan fingerprint density at radius 2 is 1.67 bits per heavy atom. The predicted molar refractivity (Wildman–Crippen MR) is 162 cm³/mol. The molecule has 1 atom stereocenters. The molecule has 0 heterocycles. The molecule has 0 radical (unpaired) electrons. The molecule has 0 fully saturated rings. The summed E-state index contributed by atoms with van der Waals surface area (Å²) in [4.78, 5) is 22.0. The van der Waals surface area contributed by atoms with E-state index in [4.69, 9.17) is 31.3 Å². The normalized spacial score (nSPS) is 14.9. The van der Waals surface area contributed by atoms with Gasteiger partial charge in [0.2, 0.25) is 0 Å². The van der Waals surface area contributed by atoms with Crippen LogP contribution in [0.2, 0.25) is 5.02 Å². The fourth-order valence-electron chi connectivity index (χ4n) is 4.76. The summed E-state index contributed by atoms with van der Waals surface area (Å²) >= 11 is 6.26. The summed E-state index contributed by atoms with van der Waals surface area (Å²) in [5.41, 5.74) is 1.46. The molecule has 2 N–H and O–H groups in total.